The number of para-hydroxylation sites is 1. The zero-order chi connectivity index (χ0) is 25.8. The zero-order valence-electron chi connectivity index (χ0n) is 20.2. The van der Waals surface area contributed by atoms with Gasteiger partial charge < -0.3 is 24.6 Å². The molecule has 0 unspecified atom stereocenters. The molecule has 0 saturated heterocycles. The standard InChI is InChI=1S/C26H27N3O7/c1-4-17-9-7-8-16(2)21(17)22(18-10-5-6-11-19(18)30)29-14-27-25(32)23-24(20(31)12-13-28(23)29)35-15-36-26(33)34-3/h5-13,22,30H,4,14-15H2,1-3H3,(H,27,32)/t22-/m1/s1. The van der Waals surface area contributed by atoms with Crippen molar-refractivity contribution in [1.29, 1.82) is 0 Å². The van der Waals surface area contributed by atoms with E-state index in [9.17, 15) is 19.5 Å². The number of hydrogen-bond acceptors (Lipinski definition) is 8. The van der Waals surface area contributed by atoms with Crippen LogP contribution < -0.4 is 20.5 Å². The minimum absolute atomic E-state index is 0.0609. The molecule has 3 aromatic rings. The second-order valence-corrected chi connectivity index (χ2v) is 8.13. The molecule has 188 valence electrons. The summed E-state index contributed by atoms with van der Waals surface area (Å²) >= 11 is 0. The van der Waals surface area contributed by atoms with E-state index in [2.05, 4.69) is 17.0 Å². The number of carbonyl (C=O) groups excluding carboxylic acids is 2. The highest BCUT2D eigenvalue weighted by Gasteiger charge is 2.35. The van der Waals surface area contributed by atoms with Crippen LogP contribution in [0.2, 0.25) is 0 Å². The molecule has 0 spiro atoms. The highest BCUT2D eigenvalue weighted by atomic mass is 16.8. The molecule has 1 aliphatic heterocycles. The van der Waals surface area contributed by atoms with E-state index >= 15 is 0 Å². The van der Waals surface area contributed by atoms with Crippen molar-refractivity contribution in [2.45, 2.75) is 26.3 Å². The highest BCUT2D eigenvalue weighted by Crippen LogP contribution is 2.38. The lowest BCUT2D eigenvalue weighted by Crippen LogP contribution is -2.54. The summed E-state index contributed by atoms with van der Waals surface area (Å²) in [5.74, 6) is -0.719. The lowest BCUT2D eigenvalue weighted by Gasteiger charge is -2.41. The number of aromatic hydroxyl groups is 1. The number of nitrogens with one attached hydrogen (secondary N) is 1. The Labute approximate surface area is 207 Å². The molecule has 0 aliphatic carbocycles. The number of methoxy groups -OCH3 is 1. The van der Waals surface area contributed by atoms with Crippen molar-refractivity contribution in [3.63, 3.8) is 0 Å². The summed E-state index contributed by atoms with van der Waals surface area (Å²) in [6.45, 7) is 3.52. The molecule has 1 aliphatic rings. The number of aryl methyl sites for hydroxylation is 2. The number of nitrogens with zero attached hydrogens (tertiary/aromatic N) is 2. The van der Waals surface area contributed by atoms with Gasteiger partial charge in [0.05, 0.1) is 7.11 Å². The Hall–Kier alpha value is -4.47. The SMILES string of the molecule is CCc1cccc(C)c1[C@@H](c1ccccc1O)N1CNC(=O)c2c(OCOC(=O)OC)c(=O)ccn21. The van der Waals surface area contributed by atoms with Crippen LogP contribution in [0.4, 0.5) is 4.79 Å². The van der Waals surface area contributed by atoms with Crippen molar-refractivity contribution < 1.29 is 28.9 Å². The van der Waals surface area contributed by atoms with Gasteiger partial charge in [-0.1, -0.05) is 43.3 Å². The quantitative estimate of drug-likeness (QED) is 0.381. The average molecular weight is 494 g/mol. The van der Waals surface area contributed by atoms with Crippen molar-refractivity contribution in [3.05, 3.63) is 92.9 Å². The molecular formula is C26H27N3O7. The van der Waals surface area contributed by atoms with Crippen molar-refractivity contribution in [1.82, 2.24) is 9.99 Å². The highest BCUT2D eigenvalue weighted by molar-refractivity contribution is 5.96. The summed E-state index contributed by atoms with van der Waals surface area (Å²) in [5.41, 5.74) is 3.05. The van der Waals surface area contributed by atoms with Gasteiger partial charge in [-0.25, -0.2) is 4.79 Å². The fraction of sp³-hybridized carbons (Fsp3) is 0.269. The first kappa shape index (κ1) is 24.6. The number of rotatable bonds is 7. The summed E-state index contributed by atoms with van der Waals surface area (Å²) in [4.78, 5) is 36.9. The van der Waals surface area contributed by atoms with Crippen LogP contribution in [0.5, 0.6) is 11.5 Å². The van der Waals surface area contributed by atoms with Crippen LogP contribution in [0.15, 0.2) is 59.5 Å². The smallest absolute Gasteiger partial charge is 0.508 e. The molecule has 2 aromatic carbocycles. The molecule has 0 bridgehead atoms. The summed E-state index contributed by atoms with van der Waals surface area (Å²) in [6.07, 6.45) is 1.25. The number of pyridine rings is 1. The maximum atomic E-state index is 13.0. The first-order valence-corrected chi connectivity index (χ1v) is 11.4. The van der Waals surface area contributed by atoms with Crippen molar-refractivity contribution in [2.75, 3.05) is 25.6 Å². The summed E-state index contributed by atoms with van der Waals surface area (Å²) in [5, 5.41) is 15.5. The van der Waals surface area contributed by atoms with Gasteiger partial charge in [0, 0.05) is 17.8 Å². The topological polar surface area (TPSA) is 119 Å². The van der Waals surface area contributed by atoms with E-state index in [4.69, 9.17) is 9.47 Å². The minimum atomic E-state index is -0.989. The Morgan fingerprint density at radius 2 is 1.92 bits per heavy atom. The number of ether oxygens (including phenoxy) is 3. The molecular weight excluding hydrogens is 466 g/mol. The summed E-state index contributed by atoms with van der Waals surface area (Å²) in [7, 11) is 1.14. The number of benzene rings is 2. The molecule has 1 amide bonds. The molecule has 0 fully saturated rings. The molecule has 1 atom stereocenters. The number of phenols is 1. The molecule has 0 radical (unpaired) electrons. The molecule has 36 heavy (non-hydrogen) atoms. The van der Waals surface area contributed by atoms with E-state index < -0.39 is 30.3 Å². The molecule has 2 heterocycles. The van der Waals surface area contributed by atoms with Gasteiger partial charge in [-0.05, 0) is 36.1 Å². The Balaban J connectivity index is 1.89. The van der Waals surface area contributed by atoms with Gasteiger partial charge in [0.15, 0.2) is 5.69 Å². The lowest BCUT2D eigenvalue weighted by molar-refractivity contribution is 0.0138. The maximum absolute atomic E-state index is 13.0. The van der Waals surface area contributed by atoms with E-state index in [-0.39, 0.29) is 23.9 Å². The third-order valence-corrected chi connectivity index (χ3v) is 6.07. The van der Waals surface area contributed by atoms with Crippen LogP contribution in [0, 0.1) is 6.92 Å². The third kappa shape index (κ3) is 4.57. The van der Waals surface area contributed by atoms with Crippen LogP contribution in [0.3, 0.4) is 0 Å². The van der Waals surface area contributed by atoms with E-state index in [0.29, 0.717) is 5.56 Å². The minimum Gasteiger partial charge on any atom is -0.508 e. The van der Waals surface area contributed by atoms with Crippen LogP contribution in [0.1, 0.15) is 45.7 Å². The predicted molar refractivity (Wildman–Crippen MR) is 131 cm³/mol. The number of hydrogen-bond donors (Lipinski definition) is 2. The molecule has 2 N–H and O–H groups in total. The van der Waals surface area contributed by atoms with Gasteiger partial charge >= 0.3 is 6.16 Å². The summed E-state index contributed by atoms with van der Waals surface area (Å²) in [6, 6.07) is 13.8. The fourth-order valence-corrected chi connectivity index (χ4v) is 4.42. The molecule has 1 aromatic heterocycles. The average Bonchev–Trinajstić information content (AvgIpc) is 2.88. The number of phenolic OH excluding ortho intramolecular Hbond substituents is 1. The van der Waals surface area contributed by atoms with Gasteiger partial charge in [0.1, 0.15) is 18.5 Å². The van der Waals surface area contributed by atoms with E-state index in [1.54, 1.807) is 12.1 Å². The first-order chi connectivity index (χ1) is 17.4. The summed E-state index contributed by atoms with van der Waals surface area (Å²) < 4.78 is 16.1. The maximum Gasteiger partial charge on any atom is 0.510 e. The first-order valence-electron chi connectivity index (χ1n) is 11.4. The Morgan fingerprint density at radius 1 is 1.14 bits per heavy atom. The van der Waals surface area contributed by atoms with E-state index in [1.807, 2.05) is 42.3 Å². The second-order valence-electron chi connectivity index (χ2n) is 8.13. The fourth-order valence-electron chi connectivity index (χ4n) is 4.42. The second kappa shape index (κ2) is 10.4. The monoisotopic (exact) mass is 493 g/mol. The lowest BCUT2D eigenvalue weighted by atomic mass is 9.89. The van der Waals surface area contributed by atoms with Crippen molar-refractivity contribution >= 4 is 12.1 Å². The number of carbonyl (C=O) groups is 2. The number of amides is 1. The molecule has 0 saturated carbocycles. The molecule has 10 heteroatoms. The van der Waals surface area contributed by atoms with Crippen molar-refractivity contribution in [2.24, 2.45) is 0 Å². The van der Waals surface area contributed by atoms with Crippen LogP contribution in [0.25, 0.3) is 0 Å². The van der Waals surface area contributed by atoms with Crippen LogP contribution >= 0.6 is 0 Å². The normalized spacial score (nSPS) is 13.4. The van der Waals surface area contributed by atoms with Gasteiger partial charge in [-0.2, -0.15) is 0 Å². The Bertz CT molecular complexity index is 1350. The van der Waals surface area contributed by atoms with Gasteiger partial charge in [0.2, 0.25) is 18.0 Å². The number of aromatic nitrogens is 1. The van der Waals surface area contributed by atoms with Gasteiger partial charge in [-0.3, -0.25) is 19.3 Å². The van der Waals surface area contributed by atoms with Crippen LogP contribution in [-0.4, -0.2) is 42.4 Å². The predicted octanol–water partition coefficient (Wildman–Crippen LogP) is 2.97. The zero-order valence-corrected chi connectivity index (χ0v) is 20.2. The third-order valence-electron chi connectivity index (χ3n) is 6.07. The largest absolute Gasteiger partial charge is 0.510 e. The van der Waals surface area contributed by atoms with Gasteiger partial charge in [0.25, 0.3) is 5.91 Å². The van der Waals surface area contributed by atoms with E-state index in [0.717, 1.165) is 30.2 Å². The van der Waals surface area contributed by atoms with Crippen LogP contribution in [-0.2, 0) is 15.9 Å². The molecule has 4 rings (SSSR count). The Morgan fingerprint density at radius 3 is 2.64 bits per heavy atom. The molecule has 10 nitrogen and oxygen atoms in total. The van der Waals surface area contributed by atoms with Gasteiger partial charge in [-0.15, -0.1) is 0 Å². The van der Waals surface area contributed by atoms with Crippen molar-refractivity contribution in [3.8, 4) is 11.5 Å². The Kier molecular flexibility index (Phi) is 7.14. The van der Waals surface area contributed by atoms with E-state index in [1.165, 1.54) is 16.9 Å². The number of fused-ring (bicyclic) bond motifs is 1.